The van der Waals surface area contributed by atoms with Crippen LogP contribution >= 0.6 is 8.53 Å². The third kappa shape index (κ3) is 49.5. The van der Waals surface area contributed by atoms with E-state index in [9.17, 15) is 101 Å². The lowest BCUT2D eigenvalue weighted by Gasteiger charge is -2.73. The van der Waals surface area contributed by atoms with Crippen LogP contribution < -0.4 is 58.5 Å². The molecule has 18 atom stereocenters. The Hall–Kier alpha value is -11.2. The number of nitrogens with zero attached hydrogens (tertiary/aromatic N) is 2. The van der Waals surface area contributed by atoms with Gasteiger partial charge in [0.05, 0.1) is 85.2 Å². The summed E-state index contributed by atoms with van der Waals surface area (Å²) in [5, 5.41) is 39.4. The highest BCUT2D eigenvalue weighted by Crippen LogP contribution is 2.61. The minimum atomic E-state index is -1.68. The number of nitriles is 1. The Kier molecular flexibility index (Phi) is 62.6. The van der Waals surface area contributed by atoms with Gasteiger partial charge in [0.25, 0.3) is 8.53 Å². The number of hydrogen-bond donors (Lipinski definition) is 11. The number of ether oxygens (including phenoxy) is 18. The maximum Gasteiger partial charge on any atom is 0.303 e. The van der Waals surface area contributed by atoms with Crippen LogP contribution in [0.15, 0.2) is 0 Å². The number of carbonyl (C=O) groups excluding carboxylic acids is 20. The maximum atomic E-state index is 14.7. The highest BCUT2D eigenvalue weighted by atomic mass is 31.2. The summed E-state index contributed by atoms with van der Waals surface area (Å²) in [6, 6.07) is -2.55. The van der Waals surface area contributed by atoms with Crippen LogP contribution in [0.2, 0.25) is 0 Å². The topological polar surface area (TPSA) is 685 Å². The van der Waals surface area contributed by atoms with E-state index in [1.165, 1.54) is 20.8 Å². The molecule has 0 bridgehead atoms. The Morgan fingerprint density at radius 1 is 0.360 bits per heavy atom. The zero-order valence-corrected chi connectivity index (χ0v) is 89.7. The van der Waals surface area contributed by atoms with Gasteiger partial charge >= 0.3 is 53.7 Å². The first kappa shape index (κ1) is 131. The van der Waals surface area contributed by atoms with Gasteiger partial charge in [-0.15, -0.1) is 0 Å². The molecule has 3 saturated heterocycles. The molecule has 0 spiro atoms. The normalized spacial score (nSPS) is 21.9. The zero-order valence-electron chi connectivity index (χ0n) is 88.8. The largest absolute Gasteiger partial charge is 0.463 e. The van der Waals surface area contributed by atoms with Crippen molar-refractivity contribution < 1.29 is 190 Å². The molecule has 850 valence electrons. The van der Waals surface area contributed by atoms with Crippen LogP contribution in [0.4, 0.5) is 0 Å². The lowest BCUT2D eigenvalue weighted by molar-refractivity contribution is -0.473. The number of esters is 9. The van der Waals surface area contributed by atoms with Gasteiger partial charge < -0.3 is 153 Å². The van der Waals surface area contributed by atoms with E-state index >= 15 is 0 Å². The van der Waals surface area contributed by atoms with Gasteiger partial charge in [-0.05, 0) is 98.3 Å². The highest BCUT2D eigenvalue weighted by Gasteiger charge is 2.89. The Morgan fingerprint density at radius 2 is 0.733 bits per heavy atom. The number of unbranched alkanes of at least 4 members (excludes halogenated alkanes) is 5. The first-order valence-corrected chi connectivity index (χ1v) is 51.6. The molecule has 1 aliphatic carbocycles. The highest BCUT2D eigenvalue weighted by molar-refractivity contribution is 7.44. The molecule has 3 aliphatic heterocycles. The molecule has 0 radical (unpaired) electrons. The SMILES string of the molecule is CC(=O)NC1C(OCCOCCNC(=O)CCCC(=O)NCCCCC(NC(=O)CCCC(=O)NCCOCCOC2OC(COC(C)=O)C(OC(C)=O)C(OC(C)=O)C2NC(C)=O)C(=O)NC(CCCCNC(=O)CCCC(=O)NCCOCCOC2OC3(COC(C)=O)C(OC(C)=O)C(OC(C)=O)C23NC(C)=O)C(=O)NCCCCCCOP(OCCC#N)N(C(C)C)C(C)C)OC(COC(C)=O)C(OC(C)=O)C1OC(C)=O. The first-order valence-electron chi connectivity index (χ1n) is 50.5. The van der Waals surface area contributed by atoms with Crippen molar-refractivity contribution in [3.63, 3.8) is 0 Å². The fraction of sp³-hybridized carbons (Fsp3) is 0.781. The van der Waals surface area contributed by atoms with E-state index in [1.54, 1.807) is 0 Å². The van der Waals surface area contributed by atoms with Crippen molar-refractivity contribution in [3.05, 3.63) is 0 Å². The lowest BCUT2D eigenvalue weighted by Crippen LogP contribution is -3.01. The van der Waals surface area contributed by atoms with Crippen LogP contribution in [0.25, 0.3) is 0 Å². The average Bonchev–Trinajstić information content (AvgIpc) is 0.641. The summed E-state index contributed by atoms with van der Waals surface area (Å²) in [4.78, 5) is 254. The quantitative estimate of drug-likeness (QED) is 0.0167. The molecule has 1 saturated carbocycles. The maximum absolute atomic E-state index is 14.7. The average molecular weight is 2160 g/mol. The van der Waals surface area contributed by atoms with Crippen molar-refractivity contribution in [2.45, 2.75) is 354 Å². The number of amides is 11. The summed E-state index contributed by atoms with van der Waals surface area (Å²) in [6.45, 7) is 20.9. The smallest absolute Gasteiger partial charge is 0.303 e. The number of fused-ring (bicyclic) bond motifs is 1. The van der Waals surface area contributed by atoms with E-state index in [2.05, 4.69) is 69.2 Å². The summed E-state index contributed by atoms with van der Waals surface area (Å²) < 4.78 is 115. The molecule has 54 heteroatoms. The minimum Gasteiger partial charge on any atom is -0.463 e. The molecular formula is C96H156N13O40P. The summed E-state index contributed by atoms with van der Waals surface area (Å²) in [7, 11) is -1.45. The molecule has 4 aliphatic rings. The van der Waals surface area contributed by atoms with Gasteiger partial charge in [-0.2, -0.15) is 5.26 Å². The summed E-state index contributed by atoms with van der Waals surface area (Å²) >= 11 is 0. The molecule has 150 heavy (non-hydrogen) atoms. The van der Waals surface area contributed by atoms with Gasteiger partial charge in [-0.25, -0.2) is 4.67 Å². The van der Waals surface area contributed by atoms with Crippen LogP contribution in [-0.4, -0.2) is 370 Å². The Bertz CT molecular complexity index is 4380. The van der Waals surface area contributed by atoms with E-state index in [4.69, 9.17) is 94.3 Å². The predicted octanol–water partition coefficient (Wildman–Crippen LogP) is 0.180. The van der Waals surface area contributed by atoms with Crippen molar-refractivity contribution >= 4 is 127 Å². The third-order valence-electron chi connectivity index (χ3n) is 22.8. The van der Waals surface area contributed by atoms with Crippen LogP contribution in [0, 0.1) is 11.3 Å². The minimum absolute atomic E-state index is 0.000600. The Morgan fingerprint density at radius 3 is 1.13 bits per heavy atom. The fourth-order valence-electron chi connectivity index (χ4n) is 16.5. The number of nitrogens with one attached hydrogen (secondary N) is 11. The molecule has 0 aromatic carbocycles. The van der Waals surface area contributed by atoms with E-state index < -0.39 is 226 Å². The number of carbonyl (C=O) groups is 20. The molecule has 53 nitrogen and oxygen atoms in total. The third-order valence-corrected chi connectivity index (χ3v) is 24.9. The Balaban J connectivity index is 1.39. The second-order valence-electron chi connectivity index (χ2n) is 36.2. The molecule has 3 heterocycles. The van der Waals surface area contributed by atoms with Crippen molar-refractivity contribution in [2.24, 2.45) is 0 Å². The van der Waals surface area contributed by atoms with Gasteiger partial charge in [0, 0.05) is 173 Å². The van der Waals surface area contributed by atoms with Crippen molar-refractivity contribution in [3.8, 4) is 6.07 Å². The molecule has 4 fully saturated rings. The molecule has 11 amide bonds. The van der Waals surface area contributed by atoms with E-state index in [0.717, 1.165) is 68.7 Å². The standard InChI is InChI=1S/C96H156N13O40P/c1-58(2)109(59(3)4)150(140-45-28-37-97)139-44-24-18-17-21-40-103-90(128)72(29-19-22-38-98-76(122)31-25-34-79(125)101-43-48-132-51-54-135-94-96(108-62(7)112)89(146-71(16)121)88(145-70(15)120)95(96,149-94)57-138-65(10)115)107-91(129)73(106-81(127)36-27-35-80(126)102-42-47-131-50-53-134-93-83(105-61(6)111)87(144-69(14)119)85(142-67(12)117)75(148-93)56-137-64(9)114)30-20-23-39-99-77(123)32-26-33-78(124)100-41-46-130-49-52-133-92-82(104-60(5)110)86(143-68(13)118)84(141-66(11)116)74(147-92)55-136-63(8)113/h58-59,72-75,82-89,92-94H,17-36,38-57H2,1-16H3,(H,98,122)(H,99,123)(H,100,124)(H,101,125)(H,102,126)(H,103,128)(H,104,110)(H,105,111)(H,106,127)(H,107,129)(H,108,112). The summed E-state index contributed by atoms with van der Waals surface area (Å²) in [6.07, 6.45) is -10.5. The molecule has 4 rings (SSSR count). The van der Waals surface area contributed by atoms with E-state index in [0.29, 0.717) is 45.1 Å². The van der Waals surface area contributed by atoms with Gasteiger partial charge in [-0.1, -0.05) is 12.8 Å². The van der Waals surface area contributed by atoms with Gasteiger partial charge in [0.2, 0.25) is 65.0 Å². The van der Waals surface area contributed by atoms with Crippen LogP contribution in [0.1, 0.15) is 239 Å². The van der Waals surface area contributed by atoms with Crippen LogP contribution in [0.3, 0.4) is 0 Å². The lowest BCUT2D eigenvalue weighted by atomic mass is 9.53. The summed E-state index contributed by atoms with van der Waals surface area (Å²) in [5.41, 5.74) is -3.32. The Labute approximate surface area is 874 Å². The van der Waals surface area contributed by atoms with Crippen molar-refractivity contribution in [2.75, 3.05) is 132 Å². The van der Waals surface area contributed by atoms with Crippen LogP contribution in [-0.2, 0) is 190 Å². The second kappa shape index (κ2) is 71.6. The fourth-order valence-corrected chi connectivity index (χ4v) is 18.2. The van der Waals surface area contributed by atoms with Gasteiger partial charge in [0.15, 0.2) is 66.6 Å². The van der Waals surface area contributed by atoms with Crippen molar-refractivity contribution in [1.29, 1.82) is 5.26 Å². The molecular weight excluding hydrogens is 2010 g/mol. The van der Waals surface area contributed by atoms with Gasteiger partial charge in [0.1, 0.15) is 56.2 Å². The van der Waals surface area contributed by atoms with Gasteiger partial charge in [-0.3, -0.25) is 95.9 Å². The first-order chi connectivity index (χ1) is 71.2. The number of hydrogen-bond acceptors (Lipinski definition) is 42. The van der Waals surface area contributed by atoms with E-state index in [1.807, 2.05) is 27.7 Å². The molecule has 0 aromatic rings. The van der Waals surface area contributed by atoms with Crippen molar-refractivity contribution in [1.82, 2.24) is 63.2 Å². The second-order valence-corrected chi connectivity index (χ2v) is 37.6. The van der Waals surface area contributed by atoms with E-state index in [-0.39, 0.29) is 225 Å². The molecule has 18 unspecified atom stereocenters. The predicted molar refractivity (Wildman–Crippen MR) is 521 cm³/mol. The summed E-state index contributed by atoms with van der Waals surface area (Å²) in [5.74, 6) is -12.4. The number of rotatable bonds is 76. The zero-order chi connectivity index (χ0) is 111. The van der Waals surface area contributed by atoms with Crippen LogP contribution in [0.5, 0.6) is 0 Å². The molecule has 11 N–H and O–H groups in total. The molecule has 0 aromatic heterocycles. The monoisotopic (exact) mass is 2160 g/mol.